The van der Waals surface area contributed by atoms with Crippen molar-refractivity contribution in [3.8, 4) is 0 Å². The summed E-state index contributed by atoms with van der Waals surface area (Å²) >= 11 is 6.16. The predicted octanol–water partition coefficient (Wildman–Crippen LogP) is 4.85. The fourth-order valence-corrected chi connectivity index (χ4v) is 3.79. The summed E-state index contributed by atoms with van der Waals surface area (Å²) in [5, 5.41) is 3.83. The Morgan fingerprint density at radius 1 is 1.05 bits per heavy atom. The van der Waals surface area contributed by atoms with Crippen molar-refractivity contribution in [2.24, 2.45) is 5.92 Å². The van der Waals surface area contributed by atoms with Crippen LogP contribution in [0.25, 0.3) is 0 Å². The predicted molar refractivity (Wildman–Crippen MR) is 92.7 cm³/mol. The normalized spacial score (nSPS) is 20.0. The molecule has 2 fully saturated rings. The van der Waals surface area contributed by atoms with Gasteiger partial charge in [-0.15, -0.1) is 0 Å². The standard InChI is InChI=1S/C18H25ClN2O/c19-15-9-10-17(21-11-5-2-6-12-21)16(13-15)20-18(22)14-7-3-1-4-8-14/h9-10,13-14H,1-8,11-12H2,(H,20,22). The van der Waals surface area contributed by atoms with Gasteiger partial charge in [0.2, 0.25) is 5.91 Å². The van der Waals surface area contributed by atoms with Gasteiger partial charge >= 0.3 is 0 Å². The summed E-state index contributed by atoms with van der Waals surface area (Å²) in [5.74, 6) is 0.335. The molecule has 2 aliphatic rings. The zero-order chi connectivity index (χ0) is 15.4. The third-order valence-electron chi connectivity index (χ3n) is 4.89. The number of nitrogens with zero attached hydrogens (tertiary/aromatic N) is 1. The van der Waals surface area contributed by atoms with E-state index in [9.17, 15) is 4.79 Å². The molecule has 0 aromatic heterocycles. The first kappa shape index (κ1) is 15.7. The van der Waals surface area contributed by atoms with Gasteiger partial charge in [0.1, 0.15) is 0 Å². The summed E-state index contributed by atoms with van der Waals surface area (Å²) in [7, 11) is 0. The van der Waals surface area contributed by atoms with E-state index in [1.807, 2.05) is 18.2 Å². The van der Waals surface area contributed by atoms with Crippen LogP contribution in [0.2, 0.25) is 5.02 Å². The third-order valence-corrected chi connectivity index (χ3v) is 5.12. The van der Waals surface area contributed by atoms with E-state index in [4.69, 9.17) is 11.6 Å². The number of piperidine rings is 1. The van der Waals surface area contributed by atoms with Crippen LogP contribution in [-0.4, -0.2) is 19.0 Å². The van der Waals surface area contributed by atoms with E-state index >= 15 is 0 Å². The Kier molecular flexibility index (Phi) is 5.24. The fourth-order valence-electron chi connectivity index (χ4n) is 3.62. The lowest BCUT2D eigenvalue weighted by molar-refractivity contribution is -0.120. The average molecular weight is 321 g/mol. The van der Waals surface area contributed by atoms with Crippen molar-refractivity contribution in [1.29, 1.82) is 0 Å². The van der Waals surface area contributed by atoms with Gasteiger partial charge in [-0.25, -0.2) is 0 Å². The molecule has 0 atom stereocenters. The van der Waals surface area contributed by atoms with E-state index in [2.05, 4.69) is 10.2 Å². The first-order valence-corrected chi connectivity index (χ1v) is 8.97. The molecular weight excluding hydrogens is 296 g/mol. The molecule has 1 saturated heterocycles. The highest BCUT2D eigenvalue weighted by molar-refractivity contribution is 6.31. The Morgan fingerprint density at radius 2 is 1.73 bits per heavy atom. The Morgan fingerprint density at radius 3 is 2.45 bits per heavy atom. The van der Waals surface area contributed by atoms with E-state index in [-0.39, 0.29) is 11.8 Å². The second-order valence-corrected chi connectivity index (χ2v) is 6.97. The van der Waals surface area contributed by atoms with E-state index in [1.54, 1.807) is 0 Å². The molecular formula is C18H25ClN2O. The van der Waals surface area contributed by atoms with Gasteiger partial charge in [-0.3, -0.25) is 4.79 Å². The molecule has 3 nitrogen and oxygen atoms in total. The Bertz CT molecular complexity index is 520. The van der Waals surface area contributed by atoms with Crippen molar-refractivity contribution in [3.63, 3.8) is 0 Å². The van der Waals surface area contributed by atoms with Gasteiger partial charge < -0.3 is 10.2 Å². The number of hydrogen-bond acceptors (Lipinski definition) is 2. The number of carbonyl (C=O) groups excluding carboxylic acids is 1. The number of carbonyl (C=O) groups is 1. The average Bonchev–Trinajstić information content (AvgIpc) is 2.56. The summed E-state index contributed by atoms with van der Waals surface area (Å²) in [6.45, 7) is 2.13. The highest BCUT2D eigenvalue weighted by atomic mass is 35.5. The van der Waals surface area contributed by atoms with Crippen LogP contribution in [-0.2, 0) is 4.79 Å². The summed E-state index contributed by atoms with van der Waals surface area (Å²) in [6.07, 6.45) is 9.39. The van der Waals surface area contributed by atoms with E-state index < -0.39 is 0 Å². The Hall–Kier alpha value is -1.22. The van der Waals surface area contributed by atoms with Gasteiger partial charge in [0, 0.05) is 24.0 Å². The van der Waals surface area contributed by atoms with E-state index in [0.717, 1.165) is 37.3 Å². The molecule has 0 unspecified atom stereocenters. The molecule has 0 radical (unpaired) electrons. The van der Waals surface area contributed by atoms with Gasteiger partial charge in [-0.05, 0) is 50.3 Å². The van der Waals surface area contributed by atoms with Crippen LogP contribution in [0.5, 0.6) is 0 Å². The quantitative estimate of drug-likeness (QED) is 0.863. The molecule has 120 valence electrons. The summed E-state index contributed by atoms with van der Waals surface area (Å²) in [4.78, 5) is 14.9. The number of amides is 1. The molecule has 1 N–H and O–H groups in total. The zero-order valence-electron chi connectivity index (χ0n) is 13.1. The van der Waals surface area contributed by atoms with Crippen LogP contribution >= 0.6 is 11.6 Å². The van der Waals surface area contributed by atoms with Gasteiger partial charge in [0.05, 0.1) is 11.4 Å². The zero-order valence-corrected chi connectivity index (χ0v) is 13.9. The fraction of sp³-hybridized carbons (Fsp3) is 0.611. The summed E-state index contributed by atoms with van der Waals surface area (Å²) < 4.78 is 0. The lowest BCUT2D eigenvalue weighted by Gasteiger charge is -2.31. The first-order valence-electron chi connectivity index (χ1n) is 8.59. The van der Waals surface area contributed by atoms with Gasteiger partial charge in [-0.2, -0.15) is 0 Å². The topological polar surface area (TPSA) is 32.3 Å². The van der Waals surface area contributed by atoms with Crippen molar-refractivity contribution in [2.75, 3.05) is 23.3 Å². The maximum absolute atomic E-state index is 12.5. The summed E-state index contributed by atoms with van der Waals surface area (Å²) in [5.41, 5.74) is 2.00. The van der Waals surface area contributed by atoms with Crippen molar-refractivity contribution >= 4 is 28.9 Å². The number of benzene rings is 1. The number of rotatable bonds is 3. The molecule has 1 saturated carbocycles. The van der Waals surface area contributed by atoms with Gasteiger partial charge in [-0.1, -0.05) is 30.9 Å². The van der Waals surface area contributed by atoms with E-state index in [1.165, 1.54) is 38.5 Å². The van der Waals surface area contributed by atoms with Crippen LogP contribution in [0.4, 0.5) is 11.4 Å². The van der Waals surface area contributed by atoms with Gasteiger partial charge in [0.25, 0.3) is 0 Å². The lowest BCUT2D eigenvalue weighted by atomic mass is 9.88. The minimum Gasteiger partial charge on any atom is -0.370 e. The third kappa shape index (κ3) is 3.75. The monoisotopic (exact) mass is 320 g/mol. The molecule has 3 rings (SSSR count). The molecule has 22 heavy (non-hydrogen) atoms. The molecule has 1 aromatic carbocycles. The summed E-state index contributed by atoms with van der Waals surface area (Å²) in [6, 6.07) is 5.86. The number of nitrogens with one attached hydrogen (secondary N) is 1. The second-order valence-electron chi connectivity index (χ2n) is 6.53. The van der Waals surface area contributed by atoms with Crippen LogP contribution in [0.15, 0.2) is 18.2 Å². The van der Waals surface area contributed by atoms with Crippen LogP contribution < -0.4 is 10.2 Å². The largest absolute Gasteiger partial charge is 0.370 e. The molecule has 1 aromatic rings. The molecule has 0 bridgehead atoms. The number of anilines is 2. The highest BCUT2D eigenvalue weighted by Gasteiger charge is 2.23. The van der Waals surface area contributed by atoms with Gasteiger partial charge in [0.15, 0.2) is 0 Å². The maximum Gasteiger partial charge on any atom is 0.227 e. The molecule has 1 aliphatic carbocycles. The number of halogens is 1. The maximum atomic E-state index is 12.5. The molecule has 0 spiro atoms. The first-order chi connectivity index (χ1) is 10.7. The SMILES string of the molecule is O=C(Nc1cc(Cl)ccc1N1CCCCC1)C1CCCCC1. The Balaban J connectivity index is 1.76. The van der Waals surface area contributed by atoms with Crippen molar-refractivity contribution in [1.82, 2.24) is 0 Å². The second kappa shape index (κ2) is 7.36. The van der Waals surface area contributed by atoms with Crippen LogP contribution in [0.1, 0.15) is 51.4 Å². The minimum atomic E-state index is 0.167. The van der Waals surface area contributed by atoms with Crippen molar-refractivity contribution < 1.29 is 4.79 Å². The molecule has 1 heterocycles. The molecule has 1 amide bonds. The Labute approximate surface area is 138 Å². The minimum absolute atomic E-state index is 0.167. The van der Waals surface area contributed by atoms with Crippen molar-refractivity contribution in [2.45, 2.75) is 51.4 Å². The van der Waals surface area contributed by atoms with Crippen molar-refractivity contribution in [3.05, 3.63) is 23.2 Å². The highest BCUT2D eigenvalue weighted by Crippen LogP contribution is 2.32. The smallest absolute Gasteiger partial charge is 0.227 e. The molecule has 4 heteroatoms. The lowest BCUT2D eigenvalue weighted by Crippen LogP contribution is -2.31. The van der Waals surface area contributed by atoms with Crippen LogP contribution in [0, 0.1) is 5.92 Å². The number of hydrogen-bond donors (Lipinski definition) is 1. The molecule has 1 aliphatic heterocycles. The van der Waals surface area contributed by atoms with E-state index in [0.29, 0.717) is 5.02 Å². The van der Waals surface area contributed by atoms with Crippen LogP contribution in [0.3, 0.4) is 0 Å².